The second-order valence-electron chi connectivity index (χ2n) is 6.89. The molecule has 6 heteroatoms. The van der Waals surface area contributed by atoms with Crippen molar-refractivity contribution in [2.24, 2.45) is 17.1 Å². The van der Waals surface area contributed by atoms with E-state index in [4.69, 9.17) is 15.2 Å². The monoisotopic (exact) mass is 329 g/mol. The number of carbonyl (C=O) groups is 2. The van der Waals surface area contributed by atoms with E-state index < -0.39 is 28.9 Å². The van der Waals surface area contributed by atoms with Crippen molar-refractivity contribution in [1.82, 2.24) is 0 Å². The van der Waals surface area contributed by atoms with Gasteiger partial charge in [0.15, 0.2) is 0 Å². The highest BCUT2D eigenvalue weighted by Crippen LogP contribution is 2.39. The number of nitrogens with two attached hydrogens (primary N) is 1. The zero-order chi connectivity index (χ0) is 18.3. The Hall–Kier alpha value is -1.40. The van der Waals surface area contributed by atoms with E-state index in [0.717, 1.165) is 6.08 Å². The van der Waals surface area contributed by atoms with Gasteiger partial charge in [-0.15, -0.1) is 0 Å². The predicted molar refractivity (Wildman–Crippen MR) is 88.6 cm³/mol. The third-order valence-electron chi connectivity index (χ3n) is 4.11. The molecular weight excluding hydrogens is 298 g/mol. The molecule has 3 N–H and O–H groups in total. The van der Waals surface area contributed by atoms with Gasteiger partial charge in [-0.05, 0) is 27.2 Å². The van der Waals surface area contributed by atoms with Crippen LogP contribution in [0.25, 0.3) is 0 Å². The molecule has 6 nitrogen and oxygen atoms in total. The summed E-state index contributed by atoms with van der Waals surface area (Å²) < 4.78 is 10.4. The van der Waals surface area contributed by atoms with Gasteiger partial charge in [0, 0.05) is 23.5 Å². The maximum Gasteiger partial charge on any atom is 0.330 e. The Bertz CT molecular complexity index is 414. The molecule has 0 aromatic carbocycles. The first-order valence-electron chi connectivity index (χ1n) is 7.89. The number of carbonyl (C=O) groups excluding carboxylic acids is 2. The second-order valence-corrected chi connectivity index (χ2v) is 6.89. The molecule has 0 saturated carbocycles. The zero-order valence-corrected chi connectivity index (χ0v) is 14.9. The summed E-state index contributed by atoms with van der Waals surface area (Å²) in [5, 5.41) is 10.5. The van der Waals surface area contributed by atoms with Gasteiger partial charge in [-0.25, -0.2) is 4.79 Å². The third kappa shape index (κ3) is 7.61. The van der Waals surface area contributed by atoms with Crippen LogP contribution >= 0.6 is 0 Å². The lowest BCUT2D eigenvalue weighted by Gasteiger charge is -2.42. The van der Waals surface area contributed by atoms with E-state index in [0.29, 0.717) is 6.42 Å². The number of esters is 2. The van der Waals surface area contributed by atoms with Gasteiger partial charge in [-0.2, -0.15) is 0 Å². The van der Waals surface area contributed by atoms with Gasteiger partial charge >= 0.3 is 11.9 Å². The summed E-state index contributed by atoms with van der Waals surface area (Å²) in [6, 6.07) is -0.283. The summed E-state index contributed by atoms with van der Waals surface area (Å²) in [6.07, 6.45) is 1.85. The SMILES string of the molecule is C=CC(=O)OCC(C)(CC)C(COC(=O)CC(C)N)C(C)(C)O. The van der Waals surface area contributed by atoms with Gasteiger partial charge < -0.3 is 20.3 Å². The van der Waals surface area contributed by atoms with Crippen LogP contribution in [0.4, 0.5) is 0 Å². The van der Waals surface area contributed by atoms with Crippen molar-refractivity contribution < 1.29 is 24.2 Å². The number of rotatable bonds is 10. The molecule has 0 heterocycles. The minimum atomic E-state index is -1.11. The van der Waals surface area contributed by atoms with Crippen molar-refractivity contribution in [3.63, 3.8) is 0 Å². The molecule has 0 aliphatic heterocycles. The lowest BCUT2D eigenvalue weighted by atomic mass is 9.68. The summed E-state index contributed by atoms with van der Waals surface area (Å²) in [4.78, 5) is 23.1. The van der Waals surface area contributed by atoms with Gasteiger partial charge in [0.25, 0.3) is 0 Å². The minimum absolute atomic E-state index is 0.0328. The molecule has 3 atom stereocenters. The first-order valence-corrected chi connectivity index (χ1v) is 7.89. The van der Waals surface area contributed by atoms with E-state index in [1.807, 2.05) is 13.8 Å². The van der Waals surface area contributed by atoms with Gasteiger partial charge in [-0.3, -0.25) is 4.79 Å². The highest BCUT2D eigenvalue weighted by Gasteiger charge is 2.43. The smallest absolute Gasteiger partial charge is 0.330 e. The van der Waals surface area contributed by atoms with Crippen LogP contribution < -0.4 is 5.73 Å². The van der Waals surface area contributed by atoms with Crippen LogP contribution in [0.2, 0.25) is 0 Å². The first kappa shape index (κ1) is 21.6. The van der Waals surface area contributed by atoms with E-state index in [1.165, 1.54) is 0 Å². The minimum Gasteiger partial charge on any atom is -0.465 e. The van der Waals surface area contributed by atoms with Gasteiger partial charge in [-0.1, -0.05) is 20.4 Å². The Morgan fingerprint density at radius 3 is 2.26 bits per heavy atom. The molecule has 0 aromatic heterocycles. The molecule has 0 saturated heterocycles. The van der Waals surface area contributed by atoms with Gasteiger partial charge in [0.1, 0.15) is 0 Å². The third-order valence-corrected chi connectivity index (χ3v) is 4.11. The van der Waals surface area contributed by atoms with Gasteiger partial charge in [0.05, 0.1) is 25.2 Å². The first-order chi connectivity index (χ1) is 10.5. The van der Waals surface area contributed by atoms with Crippen LogP contribution in [-0.2, 0) is 19.1 Å². The number of ether oxygens (including phenoxy) is 2. The summed E-state index contributed by atoms with van der Waals surface area (Å²) in [5.41, 5.74) is 3.92. The van der Waals surface area contributed by atoms with Crippen LogP contribution in [0.1, 0.15) is 47.5 Å². The van der Waals surface area contributed by atoms with Gasteiger partial charge in [0.2, 0.25) is 0 Å². The summed E-state index contributed by atoms with van der Waals surface area (Å²) in [6.45, 7) is 12.4. The Morgan fingerprint density at radius 1 is 1.30 bits per heavy atom. The Morgan fingerprint density at radius 2 is 1.87 bits per heavy atom. The van der Waals surface area contributed by atoms with E-state index in [-0.39, 0.29) is 25.7 Å². The molecular formula is C17H31NO5. The average Bonchev–Trinajstić information content (AvgIpc) is 2.42. The lowest BCUT2D eigenvalue weighted by Crippen LogP contribution is -2.48. The van der Waals surface area contributed by atoms with E-state index in [9.17, 15) is 14.7 Å². The molecule has 0 aromatic rings. The quantitative estimate of drug-likeness (QED) is 0.468. The molecule has 0 rings (SSSR count). The summed E-state index contributed by atoms with van der Waals surface area (Å²) in [7, 11) is 0. The molecule has 134 valence electrons. The maximum atomic E-state index is 11.7. The van der Waals surface area contributed by atoms with E-state index in [1.54, 1.807) is 20.8 Å². The highest BCUT2D eigenvalue weighted by atomic mass is 16.5. The van der Waals surface area contributed by atoms with Crippen molar-refractivity contribution in [3.05, 3.63) is 12.7 Å². The zero-order valence-electron chi connectivity index (χ0n) is 14.9. The number of hydrogen-bond acceptors (Lipinski definition) is 6. The molecule has 0 amide bonds. The van der Waals surface area contributed by atoms with Crippen LogP contribution in [0, 0.1) is 11.3 Å². The fourth-order valence-corrected chi connectivity index (χ4v) is 2.50. The Kier molecular flexibility index (Phi) is 8.48. The number of aliphatic hydroxyl groups is 1. The fourth-order valence-electron chi connectivity index (χ4n) is 2.50. The maximum absolute atomic E-state index is 11.7. The molecule has 3 unspecified atom stereocenters. The Labute approximate surface area is 139 Å². The van der Waals surface area contributed by atoms with Crippen molar-refractivity contribution >= 4 is 11.9 Å². The molecule has 23 heavy (non-hydrogen) atoms. The van der Waals surface area contributed by atoms with Crippen molar-refractivity contribution in [2.75, 3.05) is 13.2 Å². The lowest BCUT2D eigenvalue weighted by molar-refractivity contribution is -0.160. The standard InChI is InChI=1S/C17H31NO5/c1-7-14(19)23-11-17(6,8-2)13(16(4,5)21)10-22-15(20)9-12(3)18/h7,12-13,21H,1,8-11,18H2,2-6H3. The fraction of sp³-hybridized carbons (Fsp3) is 0.765. The average molecular weight is 329 g/mol. The largest absolute Gasteiger partial charge is 0.465 e. The molecule has 0 aliphatic rings. The van der Waals surface area contributed by atoms with E-state index >= 15 is 0 Å². The normalized spacial score (nSPS) is 16.8. The topological polar surface area (TPSA) is 98.9 Å². The molecule has 0 fully saturated rings. The molecule has 0 bridgehead atoms. The van der Waals surface area contributed by atoms with Crippen molar-refractivity contribution in [1.29, 1.82) is 0 Å². The highest BCUT2D eigenvalue weighted by molar-refractivity contribution is 5.81. The van der Waals surface area contributed by atoms with Crippen LogP contribution in [0.5, 0.6) is 0 Å². The summed E-state index contributed by atoms with van der Waals surface area (Å²) in [5.74, 6) is -1.33. The van der Waals surface area contributed by atoms with Crippen molar-refractivity contribution in [3.8, 4) is 0 Å². The van der Waals surface area contributed by atoms with Crippen LogP contribution in [0.3, 0.4) is 0 Å². The van der Waals surface area contributed by atoms with Crippen LogP contribution in [0.15, 0.2) is 12.7 Å². The molecule has 0 radical (unpaired) electrons. The molecule has 0 spiro atoms. The predicted octanol–water partition coefficient (Wildman–Crippen LogP) is 1.80. The second kappa shape index (κ2) is 9.03. The van der Waals surface area contributed by atoms with Crippen molar-refractivity contribution in [2.45, 2.75) is 59.1 Å². The Balaban J connectivity index is 5.07. The van der Waals surface area contributed by atoms with Crippen LogP contribution in [-0.4, -0.2) is 41.9 Å². The number of hydrogen-bond donors (Lipinski definition) is 2. The van der Waals surface area contributed by atoms with E-state index in [2.05, 4.69) is 6.58 Å². The molecule has 0 aliphatic carbocycles. The summed E-state index contributed by atoms with van der Waals surface area (Å²) >= 11 is 0.